The Morgan fingerprint density at radius 3 is 1.62 bits per heavy atom. The minimum atomic E-state index is -1.19. The van der Waals surface area contributed by atoms with Crippen molar-refractivity contribution in [2.24, 2.45) is 17.6 Å². The predicted octanol–water partition coefficient (Wildman–Crippen LogP) is -0.654. The van der Waals surface area contributed by atoms with E-state index >= 15 is 0 Å². The maximum absolute atomic E-state index is 12.6. The molecular weight excluding hydrogens is 380 g/mol. The van der Waals surface area contributed by atoms with Crippen molar-refractivity contribution < 1.29 is 29.4 Å². The van der Waals surface area contributed by atoms with Crippen LogP contribution in [0.4, 0.5) is 0 Å². The molecule has 7 N–H and O–H groups in total. The Morgan fingerprint density at radius 2 is 1.21 bits per heavy atom. The highest BCUT2D eigenvalue weighted by Crippen LogP contribution is 2.07. The van der Waals surface area contributed by atoms with Gasteiger partial charge >= 0.3 is 5.97 Å². The first kappa shape index (κ1) is 26.8. The Balaban J connectivity index is 5.06. The van der Waals surface area contributed by atoms with Crippen LogP contribution < -0.4 is 21.7 Å². The van der Waals surface area contributed by atoms with Crippen LogP contribution in [0.2, 0.25) is 0 Å². The second-order valence-corrected chi connectivity index (χ2v) is 8.22. The standard InChI is InChI=1S/C19H36N4O6/c1-9(2)7-13(22-18(27)15(20)12(6)24)17(26)21-11(5)16(25)23-14(19(28)29)8-10(3)4/h9-15,24H,7-8,20H2,1-6H3,(H,21,26)(H,22,27)(H,23,25)(H,28,29). The van der Waals surface area contributed by atoms with E-state index in [1.165, 1.54) is 13.8 Å². The monoisotopic (exact) mass is 416 g/mol. The van der Waals surface area contributed by atoms with Crippen molar-refractivity contribution in [2.75, 3.05) is 0 Å². The number of aliphatic hydroxyl groups excluding tert-OH is 1. The third kappa shape index (κ3) is 10.2. The van der Waals surface area contributed by atoms with E-state index in [0.29, 0.717) is 6.42 Å². The first-order valence-electron chi connectivity index (χ1n) is 9.83. The molecule has 0 bridgehead atoms. The topological polar surface area (TPSA) is 171 Å². The zero-order chi connectivity index (χ0) is 22.9. The van der Waals surface area contributed by atoms with Crippen molar-refractivity contribution in [1.29, 1.82) is 0 Å². The lowest BCUT2D eigenvalue weighted by molar-refractivity contribution is -0.142. The molecule has 0 rings (SSSR count). The molecule has 0 saturated heterocycles. The molecule has 0 aromatic carbocycles. The van der Waals surface area contributed by atoms with Crippen molar-refractivity contribution >= 4 is 23.7 Å². The summed E-state index contributed by atoms with van der Waals surface area (Å²) in [5.74, 6) is -2.95. The first-order chi connectivity index (χ1) is 13.3. The van der Waals surface area contributed by atoms with Gasteiger partial charge in [-0.1, -0.05) is 27.7 Å². The molecule has 0 aliphatic heterocycles. The van der Waals surface area contributed by atoms with Crippen molar-refractivity contribution in [1.82, 2.24) is 16.0 Å². The normalized spacial score (nSPS) is 16.5. The van der Waals surface area contributed by atoms with Crippen molar-refractivity contribution in [3.63, 3.8) is 0 Å². The van der Waals surface area contributed by atoms with Crippen LogP contribution in [0, 0.1) is 11.8 Å². The number of carbonyl (C=O) groups is 4. The van der Waals surface area contributed by atoms with Gasteiger partial charge in [0.15, 0.2) is 0 Å². The fourth-order valence-corrected chi connectivity index (χ4v) is 2.56. The quantitative estimate of drug-likeness (QED) is 0.245. The number of hydrogen-bond acceptors (Lipinski definition) is 6. The molecule has 10 heteroatoms. The van der Waals surface area contributed by atoms with Gasteiger partial charge in [-0.15, -0.1) is 0 Å². The molecule has 0 aliphatic carbocycles. The highest BCUT2D eigenvalue weighted by molar-refractivity contribution is 5.94. The SMILES string of the molecule is CC(C)CC(NC(=O)C(C)NC(=O)C(CC(C)C)NC(=O)C(N)C(C)O)C(=O)O. The molecule has 10 nitrogen and oxygen atoms in total. The summed E-state index contributed by atoms with van der Waals surface area (Å²) in [4.78, 5) is 48.3. The number of nitrogens with two attached hydrogens (primary N) is 1. The zero-order valence-corrected chi connectivity index (χ0v) is 18.1. The predicted molar refractivity (Wildman–Crippen MR) is 108 cm³/mol. The lowest BCUT2D eigenvalue weighted by atomic mass is 10.0. The van der Waals surface area contributed by atoms with E-state index in [-0.39, 0.29) is 18.3 Å². The molecule has 0 heterocycles. The third-order valence-corrected chi connectivity index (χ3v) is 4.24. The molecule has 0 aliphatic rings. The minimum Gasteiger partial charge on any atom is -0.480 e. The lowest BCUT2D eigenvalue weighted by Gasteiger charge is -2.25. The summed E-state index contributed by atoms with van der Waals surface area (Å²) in [6.45, 7) is 10.2. The van der Waals surface area contributed by atoms with E-state index in [0.717, 1.165) is 0 Å². The van der Waals surface area contributed by atoms with Gasteiger partial charge < -0.3 is 31.9 Å². The van der Waals surface area contributed by atoms with Crippen molar-refractivity contribution in [3.05, 3.63) is 0 Å². The largest absolute Gasteiger partial charge is 0.480 e. The molecule has 5 atom stereocenters. The average molecular weight is 417 g/mol. The third-order valence-electron chi connectivity index (χ3n) is 4.24. The van der Waals surface area contributed by atoms with Gasteiger partial charge in [0.1, 0.15) is 24.2 Å². The van der Waals surface area contributed by atoms with Gasteiger partial charge in [0.2, 0.25) is 17.7 Å². The fourth-order valence-electron chi connectivity index (χ4n) is 2.56. The van der Waals surface area contributed by atoms with Crippen LogP contribution in [0.1, 0.15) is 54.4 Å². The number of carboxylic acid groups (broad SMARTS) is 1. The van der Waals surface area contributed by atoms with Gasteiger partial charge in [-0.2, -0.15) is 0 Å². The minimum absolute atomic E-state index is 0.0559. The summed E-state index contributed by atoms with van der Waals surface area (Å²) in [6, 6.07) is -4.20. The lowest BCUT2D eigenvalue weighted by Crippen LogP contribution is -2.57. The summed E-state index contributed by atoms with van der Waals surface area (Å²) in [5, 5.41) is 26.1. The molecule has 0 aromatic heterocycles. The highest BCUT2D eigenvalue weighted by Gasteiger charge is 2.29. The van der Waals surface area contributed by atoms with Crippen LogP contribution in [0.3, 0.4) is 0 Å². The summed E-state index contributed by atoms with van der Waals surface area (Å²) in [5.41, 5.74) is 5.60. The maximum Gasteiger partial charge on any atom is 0.326 e. The van der Waals surface area contributed by atoms with Gasteiger partial charge in [0.25, 0.3) is 0 Å². The molecule has 0 saturated carbocycles. The van der Waals surface area contributed by atoms with Crippen LogP contribution in [0.15, 0.2) is 0 Å². The Kier molecular flexibility index (Phi) is 11.4. The second kappa shape index (κ2) is 12.4. The number of amides is 3. The Labute approximate surface area is 172 Å². The molecule has 0 spiro atoms. The van der Waals surface area contributed by atoms with E-state index in [2.05, 4.69) is 16.0 Å². The van der Waals surface area contributed by atoms with Gasteiger partial charge in [-0.05, 0) is 38.5 Å². The molecule has 168 valence electrons. The number of hydrogen-bond donors (Lipinski definition) is 6. The van der Waals surface area contributed by atoms with Crippen LogP contribution in [0.25, 0.3) is 0 Å². The fraction of sp³-hybridized carbons (Fsp3) is 0.789. The summed E-state index contributed by atoms with van der Waals surface area (Å²) in [7, 11) is 0. The number of aliphatic hydroxyl groups is 1. The van der Waals surface area contributed by atoms with E-state index in [4.69, 9.17) is 5.73 Å². The number of nitrogens with one attached hydrogen (secondary N) is 3. The van der Waals surface area contributed by atoms with E-state index in [1.807, 2.05) is 27.7 Å². The van der Waals surface area contributed by atoms with Crippen LogP contribution >= 0.6 is 0 Å². The van der Waals surface area contributed by atoms with E-state index in [1.54, 1.807) is 0 Å². The molecule has 3 amide bonds. The van der Waals surface area contributed by atoms with Crippen LogP contribution in [0.5, 0.6) is 0 Å². The Bertz CT molecular complexity index is 579. The molecule has 0 fully saturated rings. The maximum atomic E-state index is 12.6. The van der Waals surface area contributed by atoms with Crippen molar-refractivity contribution in [3.8, 4) is 0 Å². The van der Waals surface area contributed by atoms with Gasteiger partial charge in [-0.3, -0.25) is 14.4 Å². The first-order valence-corrected chi connectivity index (χ1v) is 9.83. The van der Waals surface area contributed by atoms with Crippen LogP contribution in [-0.4, -0.2) is 64.2 Å². The Hall–Kier alpha value is -2.20. The molecule has 5 unspecified atom stereocenters. The summed E-state index contributed by atoms with van der Waals surface area (Å²) in [6.07, 6.45) is -0.537. The van der Waals surface area contributed by atoms with Crippen LogP contribution in [-0.2, 0) is 19.2 Å². The molecule has 29 heavy (non-hydrogen) atoms. The number of rotatable bonds is 12. The number of aliphatic carboxylic acids is 1. The summed E-state index contributed by atoms with van der Waals surface area (Å²) >= 11 is 0. The summed E-state index contributed by atoms with van der Waals surface area (Å²) < 4.78 is 0. The van der Waals surface area contributed by atoms with Gasteiger partial charge in [-0.25, -0.2) is 4.79 Å². The van der Waals surface area contributed by atoms with E-state index in [9.17, 15) is 29.4 Å². The van der Waals surface area contributed by atoms with Gasteiger partial charge in [0.05, 0.1) is 6.10 Å². The molecular formula is C19H36N4O6. The zero-order valence-electron chi connectivity index (χ0n) is 18.1. The Morgan fingerprint density at radius 1 is 0.759 bits per heavy atom. The molecule has 0 aromatic rings. The van der Waals surface area contributed by atoms with E-state index < -0.39 is 54.0 Å². The van der Waals surface area contributed by atoms with Gasteiger partial charge in [0, 0.05) is 0 Å². The average Bonchev–Trinajstić information content (AvgIpc) is 2.58. The highest BCUT2D eigenvalue weighted by atomic mass is 16.4. The van der Waals surface area contributed by atoms with Crippen molar-refractivity contribution in [2.45, 2.75) is 84.7 Å². The number of carboxylic acids is 1. The smallest absolute Gasteiger partial charge is 0.326 e. The number of carbonyl (C=O) groups excluding carboxylic acids is 3. The second-order valence-electron chi connectivity index (χ2n) is 8.22. The molecule has 0 radical (unpaired) electrons.